The van der Waals surface area contributed by atoms with E-state index >= 15 is 0 Å². The number of carbonyl (C=O) groups is 1. The number of nitrogens with one attached hydrogen (secondary N) is 1. The number of para-hydroxylation sites is 1. The van der Waals surface area contributed by atoms with Crippen LogP contribution in [0.4, 0.5) is 16.2 Å². The summed E-state index contributed by atoms with van der Waals surface area (Å²) in [4.78, 5) is 16.7. The van der Waals surface area contributed by atoms with E-state index < -0.39 is 0 Å². The van der Waals surface area contributed by atoms with Gasteiger partial charge in [0.1, 0.15) is 0 Å². The van der Waals surface area contributed by atoms with Gasteiger partial charge in [0.05, 0.1) is 5.69 Å². The SMILES string of the molecule is Cc1ccc(C)c(N2CCN(C(=O)Nc3ccccc3Br)CC2)c1. The second-order valence-electron chi connectivity index (χ2n) is 6.17. The highest BCUT2D eigenvalue weighted by atomic mass is 79.9. The Labute approximate surface area is 151 Å². The monoisotopic (exact) mass is 387 g/mol. The van der Waals surface area contributed by atoms with Gasteiger partial charge in [-0.1, -0.05) is 24.3 Å². The van der Waals surface area contributed by atoms with Crippen LogP contribution in [0, 0.1) is 13.8 Å². The predicted molar refractivity (Wildman–Crippen MR) is 103 cm³/mol. The van der Waals surface area contributed by atoms with Crippen molar-refractivity contribution in [2.75, 3.05) is 36.4 Å². The molecule has 3 rings (SSSR count). The molecule has 2 aromatic rings. The summed E-state index contributed by atoms with van der Waals surface area (Å²) in [5.41, 5.74) is 4.64. The standard InChI is InChI=1S/C19H22BrN3O/c1-14-7-8-15(2)18(13-14)22-9-11-23(12-10-22)19(24)21-17-6-4-3-5-16(17)20/h3-8,13H,9-12H2,1-2H3,(H,21,24). The third-order valence-electron chi connectivity index (χ3n) is 4.39. The van der Waals surface area contributed by atoms with Gasteiger partial charge in [-0.25, -0.2) is 4.79 Å². The number of benzene rings is 2. The maximum Gasteiger partial charge on any atom is 0.321 e. The maximum absolute atomic E-state index is 12.5. The number of piperazine rings is 1. The van der Waals surface area contributed by atoms with E-state index in [1.165, 1.54) is 16.8 Å². The van der Waals surface area contributed by atoms with Gasteiger partial charge in [0.15, 0.2) is 0 Å². The molecule has 1 N–H and O–H groups in total. The number of carbonyl (C=O) groups excluding carboxylic acids is 1. The van der Waals surface area contributed by atoms with Crippen LogP contribution in [0.5, 0.6) is 0 Å². The van der Waals surface area contributed by atoms with Gasteiger partial charge in [0.25, 0.3) is 0 Å². The number of nitrogens with zero attached hydrogens (tertiary/aromatic N) is 2. The summed E-state index contributed by atoms with van der Waals surface area (Å²) in [6.45, 7) is 7.42. The summed E-state index contributed by atoms with van der Waals surface area (Å²) in [6.07, 6.45) is 0. The van der Waals surface area contributed by atoms with Crippen molar-refractivity contribution in [2.45, 2.75) is 13.8 Å². The number of hydrogen-bond donors (Lipinski definition) is 1. The zero-order valence-electron chi connectivity index (χ0n) is 14.1. The average Bonchev–Trinajstić information content (AvgIpc) is 2.59. The minimum Gasteiger partial charge on any atom is -0.368 e. The molecule has 24 heavy (non-hydrogen) atoms. The molecule has 0 aliphatic carbocycles. The van der Waals surface area contributed by atoms with Crippen molar-refractivity contribution in [3.63, 3.8) is 0 Å². The van der Waals surface area contributed by atoms with E-state index in [1.54, 1.807) is 0 Å². The van der Waals surface area contributed by atoms with E-state index in [1.807, 2.05) is 29.2 Å². The minimum absolute atomic E-state index is 0.0393. The maximum atomic E-state index is 12.5. The summed E-state index contributed by atoms with van der Waals surface area (Å²) in [7, 11) is 0. The Balaban J connectivity index is 1.61. The number of amides is 2. The topological polar surface area (TPSA) is 35.6 Å². The summed E-state index contributed by atoms with van der Waals surface area (Å²) in [5.74, 6) is 0. The second kappa shape index (κ2) is 7.26. The van der Waals surface area contributed by atoms with Crippen LogP contribution in [0.1, 0.15) is 11.1 Å². The van der Waals surface area contributed by atoms with Crippen molar-refractivity contribution >= 4 is 33.3 Å². The Morgan fingerprint density at radius 2 is 1.75 bits per heavy atom. The van der Waals surface area contributed by atoms with Gasteiger partial charge in [-0.2, -0.15) is 0 Å². The molecule has 2 aromatic carbocycles. The molecule has 0 radical (unpaired) electrons. The van der Waals surface area contributed by atoms with Crippen LogP contribution in [0.15, 0.2) is 46.9 Å². The Morgan fingerprint density at radius 1 is 1.04 bits per heavy atom. The molecule has 1 heterocycles. The van der Waals surface area contributed by atoms with Crippen molar-refractivity contribution in [1.29, 1.82) is 0 Å². The van der Waals surface area contributed by atoms with Crippen LogP contribution in [-0.2, 0) is 0 Å². The lowest BCUT2D eigenvalue weighted by atomic mass is 10.1. The minimum atomic E-state index is -0.0393. The number of rotatable bonds is 2. The molecule has 1 saturated heterocycles. The van der Waals surface area contributed by atoms with Gasteiger partial charge in [0.2, 0.25) is 0 Å². The molecule has 0 spiro atoms. The number of aryl methyl sites for hydroxylation is 2. The van der Waals surface area contributed by atoms with Crippen molar-refractivity contribution < 1.29 is 4.79 Å². The Bertz CT molecular complexity index is 739. The van der Waals surface area contributed by atoms with E-state index in [2.05, 4.69) is 58.2 Å². The third kappa shape index (κ3) is 3.73. The molecule has 4 nitrogen and oxygen atoms in total. The van der Waals surface area contributed by atoms with Crippen molar-refractivity contribution in [3.8, 4) is 0 Å². The first-order valence-corrected chi connectivity index (χ1v) is 8.96. The number of anilines is 2. The molecule has 5 heteroatoms. The Kier molecular flexibility index (Phi) is 5.09. The first-order valence-electron chi connectivity index (χ1n) is 8.17. The van der Waals surface area contributed by atoms with Gasteiger partial charge in [-0.3, -0.25) is 0 Å². The summed E-state index contributed by atoms with van der Waals surface area (Å²) < 4.78 is 0.896. The smallest absolute Gasteiger partial charge is 0.321 e. The van der Waals surface area contributed by atoms with Gasteiger partial charge in [0, 0.05) is 36.3 Å². The first-order chi connectivity index (χ1) is 11.5. The normalized spacial score (nSPS) is 14.6. The molecular formula is C19H22BrN3O. The molecule has 0 aromatic heterocycles. The molecule has 2 amide bonds. The fraction of sp³-hybridized carbons (Fsp3) is 0.316. The van der Waals surface area contributed by atoms with Crippen LogP contribution in [0.3, 0.4) is 0 Å². The van der Waals surface area contributed by atoms with E-state index in [4.69, 9.17) is 0 Å². The Morgan fingerprint density at radius 3 is 2.46 bits per heavy atom. The molecule has 1 aliphatic rings. The summed E-state index contributed by atoms with van der Waals surface area (Å²) >= 11 is 3.46. The van der Waals surface area contributed by atoms with E-state index in [-0.39, 0.29) is 6.03 Å². The molecule has 0 bridgehead atoms. The quantitative estimate of drug-likeness (QED) is 0.827. The van der Waals surface area contributed by atoms with Gasteiger partial charge in [-0.15, -0.1) is 0 Å². The Hall–Kier alpha value is -2.01. The number of urea groups is 1. The van der Waals surface area contributed by atoms with Crippen molar-refractivity contribution in [2.24, 2.45) is 0 Å². The average molecular weight is 388 g/mol. The zero-order valence-corrected chi connectivity index (χ0v) is 15.6. The summed E-state index contributed by atoms with van der Waals surface area (Å²) in [6, 6.07) is 14.2. The van der Waals surface area contributed by atoms with Gasteiger partial charge < -0.3 is 15.1 Å². The first kappa shape index (κ1) is 16.8. The molecular weight excluding hydrogens is 366 g/mol. The van der Waals surface area contributed by atoms with Crippen LogP contribution in [0.2, 0.25) is 0 Å². The van der Waals surface area contributed by atoms with Crippen molar-refractivity contribution in [3.05, 3.63) is 58.1 Å². The molecule has 1 fully saturated rings. The summed E-state index contributed by atoms with van der Waals surface area (Å²) in [5, 5.41) is 2.98. The van der Waals surface area contributed by atoms with Gasteiger partial charge >= 0.3 is 6.03 Å². The van der Waals surface area contributed by atoms with Gasteiger partial charge in [-0.05, 0) is 59.1 Å². The number of halogens is 1. The third-order valence-corrected chi connectivity index (χ3v) is 5.08. The van der Waals surface area contributed by atoms with Crippen LogP contribution >= 0.6 is 15.9 Å². The molecule has 1 aliphatic heterocycles. The lowest BCUT2D eigenvalue weighted by molar-refractivity contribution is 0.208. The fourth-order valence-electron chi connectivity index (χ4n) is 2.97. The molecule has 0 atom stereocenters. The van der Waals surface area contributed by atoms with Crippen LogP contribution < -0.4 is 10.2 Å². The largest absolute Gasteiger partial charge is 0.368 e. The van der Waals surface area contributed by atoms with E-state index in [0.29, 0.717) is 0 Å². The molecule has 0 unspecified atom stereocenters. The second-order valence-corrected chi connectivity index (χ2v) is 7.03. The molecule has 0 saturated carbocycles. The van der Waals surface area contributed by atoms with E-state index in [0.717, 1.165) is 36.3 Å². The lowest BCUT2D eigenvalue weighted by Gasteiger charge is -2.37. The van der Waals surface area contributed by atoms with E-state index in [9.17, 15) is 4.79 Å². The predicted octanol–water partition coefficient (Wildman–Crippen LogP) is 4.42. The highest BCUT2D eigenvalue weighted by molar-refractivity contribution is 9.10. The molecule has 126 valence electrons. The number of hydrogen-bond acceptors (Lipinski definition) is 2. The highest BCUT2D eigenvalue weighted by Gasteiger charge is 2.22. The van der Waals surface area contributed by atoms with Crippen LogP contribution in [-0.4, -0.2) is 37.1 Å². The lowest BCUT2D eigenvalue weighted by Crippen LogP contribution is -2.50. The zero-order chi connectivity index (χ0) is 17.1. The fourth-order valence-corrected chi connectivity index (χ4v) is 3.35. The highest BCUT2D eigenvalue weighted by Crippen LogP contribution is 2.24. The van der Waals surface area contributed by atoms with Crippen LogP contribution in [0.25, 0.3) is 0 Å². The van der Waals surface area contributed by atoms with Crippen molar-refractivity contribution in [1.82, 2.24) is 4.90 Å².